The summed E-state index contributed by atoms with van der Waals surface area (Å²) in [4.78, 5) is 11.3. The van der Waals surface area contributed by atoms with E-state index in [1.807, 2.05) is 0 Å². The van der Waals surface area contributed by atoms with Gasteiger partial charge in [0.05, 0.1) is 11.6 Å². The highest BCUT2D eigenvalue weighted by atomic mass is 19.1. The predicted octanol–water partition coefficient (Wildman–Crippen LogP) is 2.77. The largest absolute Gasteiger partial charge is 0.481 e. The maximum Gasteiger partial charge on any atom is 0.311 e. The van der Waals surface area contributed by atoms with Gasteiger partial charge in [-0.15, -0.1) is 0 Å². The summed E-state index contributed by atoms with van der Waals surface area (Å²) >= 11 is 0. The Morgan fingerprint density at radius 1 is 1.53 bits per heavy atom. The highest BCUT2D eigenvalue weighted by Crippen LogP contribution is 2.37. The number of hydrogen-bond donors (Lipinski definition) is 2. The SMILES string of the molecule is Nc1c(F)cccc1C(CC1CCC1)C(=O)O. The van der Waals surface area contributed by atoms with Crippen LogP contribution in [0.5, 0.6) is 0 Å². The number of aliphatic carboxylic acids is 1. The zero-order chi connectivity index (χ0) is 12.4. The summed E-state index contributed by atoms with van der Waals surface area (Å²) < 4.78 is 13.3. The number of carbonyl (C=O) groups is 1. The molecule has 92 valence electrons. The molecule has 2 rings (SSSR count). The van der Waals surface area contributed by atoms with Crippen molar-refractivity contribution in [3.8, 4) is 0 Å². The van der Waals surface area contributed by atoms with E-state index in [1.165, 1.54) is 12.1 Å². The molecule has 3 nitrogen and oxygen atoms in total. The molecule has 0 spiro atoms. The van der Waals surface area contributed by atoms with Crippen molar-refractivity contribution in [1.82, 2.24) is 0 Å². The summed E-state index contributed by atoms with van der Waals surface area (Å²) in [6.45, 7) is 0. The van der Waals surface area contributed by atoms with E-state index in [1.54, 1.807) is 6.07 Å². The average molecular weight is 237 g/mol. The first-order valence-corrected chi connectivity index (χ1v) is 5.86. The molecule has 1 unspecified atom stereocenters. The molecule has 0 saturated heterocycles. The molecule has 0 aliphatic heterocycles. The van der Waals surface area contributed by atoms with Crippen molar-refractivity contribution in [2.24, 2.45) is 5.92 Å². The number of rotatable bonds is 4. The van der Waals surface area contributed by atoms with Crippen molar-refractivity contribution in [3.05, 3.63) is 29.6 Å². The van der Waals surface area contributed by atoms with E-state index in [9.17, 15) is 14.3 Å². The summed E-state index contributed by atoms with van der Waals surface area (Å²) in [7, 11) is 0. The van der Waals surface area contributed by atoms with Crippen molar-refractivity contribution in [3.63, 3.8) is 0 Å². The van der Waals surface area contributed by atoms with Crippen LogP contribution >= 0.6 is 0 Å². The van der Waals surface area contributed by atoms with E-state index < -0.39 is 17.7 Å². The van der Waals surface area contributed by atoms with Gasteiger partial charge in [0.2, 0.25) is 0 Å². The molecule has 1 aliphatic carbocycles. The van der Waals surface area contributed by atoms with Crippen LogP contribution in [0, 0.1) is 11.7 Å². The molecule has 17 heavy (non-hydrogen) atoms. The van der Waals surface area contributed by atoms with Crippen molar-refractivity contribution in [2.75, 3.05) is 5.73 Å². The second-order valence-corrected chi connectivity index (χ2v) is 4.67. The van der Waals surface area contributed by atoms with Crippen molar-refractivity contribution < 1.29 is 14.3 Å². The van der Waals surface area contributed by atoms with Crippen LogP contribution in [-0.2, 0) is 4.79 Å². The number of para-hydroxylation sites is 1. The molecular weight excluding hydrogens is 221 g/mol. The lowest BCUT2D eigenvalue weighted by atomic mass is 9.77. The fraction of sp³-hybridized carbons (Fsp3) is 0.462. The number of nitrogens with two attached hydrogens (primary N) is 1. The molecule has 0 bridgehead atoms. The fourth-order valence-corrected chi connectivity index (χ4v) is 2.28. The minimum atomic E-state index is -0.922. The summed E-state index contributed by atoms with van der Waals surface area (Å²) in [6, 6.07) is 4.37. The normalized spacial score (nSPS) is 17.5. The zero-order valence-corrected chi connectivity index (χ0v) is 9.53. The number of nitrogen functional groups attached to an aromatic ring is 1. The predicted molar refractivity (Wildman–Crippen MR) is 63.1 cm³/mol. The van der Waals surface area contributed by atoms with Gasteiger partial charge < -0.3 is 10.8 Å². The molecule has 1 aliphatic rings. The third-order valence-electron chi connectivity index (χ3n) is 3.55. The molecule has 0 heterocycles. The lowest BCUT2D eigenvalue weighted by Gasteiger charge is -2.28. The number of benzene rings is 1. The van der Waals surface area contributed by atoms with Gasteiger partial charge in [-0.2, -0.15) is 0 Å². The number of halogens is 1. The number of carboxylic acid groups (broad SMARTS) is 1. The van der Waals surface area contributed by atoms with Gasteiger partial charge >= 0.3 is 5.97 Å². The Balaban J connectivity index is 2.25. The average Bonchev–Trinajstić information content (AvgIpc) is 2.21. The number of hydrogen-bond acceptors (Lipinski definition) is 2. The van der Waals surface area contributed by atoms with E-state index in [2.05, 4.69) is 0 Å². The molecule has 1 aromatic rings. The van der Waals surface area contributed by atoms with E-state index in [0.717, 1.165) is 19.3 Å². The highest BCUT2D eigenvalue weighted by Gasteiger charge is 2.29. The van der Waals surface area contributed by atoms with Gasteiger partial charge in [0.1, 0.15) is 5.82 Å². The minimum absolute atomic E-state index is 0.0285. The van der Waals surface area contributed by atoms with Gasteiger partial charge in [-0.05, 0) is 24.0 Å². The number of anilines is 1. The van der Waals surface area contributed by atoms with E-state index >= 15 is 0 Å². The van der Waals surface area contributed by atoms with Crippen molar-refractivity contribution in [1.29, 1.82) is 0 Å². The Morgan fingerprint density at radius 2 is 2.24 bits per heavy atom. The maximum absolute atomic E-state index is 13.3. The second kappa shape index (κ2) is 4.73. The Morgan fingerprint density at radius 3 is 2.76 bits per heavy atom. The number of carboxylic acids is 1. The molecule has 1 aromatic carbocycles. The summed E-state index contributed by atoms with van der Waals surface area (Å²) in [5, 5.41) is 9.23. The standard InChI is InChI=1S/C13H16FNO2/c14-11-6-2-5-9(12(11)15)10(13(16)17)7-8-3-1-4-8/h2,5-6,8,10H,1,3-4,7,15H2,(H,16,17). The molecule has 0 amide bonds. The maximum atomic E-state index is 13.3. The quantitative estimate of drug-likeness (QED) is 0.791. The van der Waals surface area contributed by atoms with Crippen LogP contribution in [0.1, 0.15) is 37.2 Å². The van der Waals surface area contributed by atoms with E-state index in [-0.39, 0.29) is 5.69 Å². The Labute approximate surface area is 99.4 Å². The van der Waals surface area contributed by atoms with Crippen LogP contribution in [0.2, 0.25) is 0 Å². The molecular formula is C13H16FNO2. The van der Waals surface area contributed by atoms with Crippen LogP contribution in [-0.4, -0.2) is 11.1 Å². The van der Waals surface area contributed by atoms with Gasteiger partial charge in [-0.3, -0.25) is 4.79 Å². The monoisotopic (exact) mass is 237 g/mol. The minimum Gasteiger partial charge on any atom is -0.481 e. The van der Waals surface area contributed by atoms with Gasteiger partial charge in [0, 0.05) is 0 Å². The zero-order valence-electron chi connectivity index (χ0n) is 9.53. The van der Waals surface area contributed by atoms with Gasteiger partial charge in [0.25, 0.3) is 0 Å². The Kier molecular flexibility index (Phi) is 3.31. The second-order valence-electron chi connectivity index (χ2n) is 4.67. The summed E-state index contributed by atoms with van der Waals surface area (Å²) in [5.74, 6) is -1.70. The molecule has 0 aromatic heterocycles. The molecule has 1 atom stereocenters. The smallest absolute Gasteiger partial charge is 0.311 e. The van der Waals surface area contributed by atoms with Crippen LogP contribution in [0.15, 0.2) is 18.2 Å². The highest BCUT2D eigenvalue weighted by molar-refractivity contribution is 5.78. The van der Waals surface area contributed by atoms with Gasteiger partial charge in [0.15, 0.2) is 0 Å². The van der Waals surface area contributed by atoms with Gasteiger partial charge in [-0.1, -0.05) is 31.4 Å². The molecule has 1 saturated carbocycles. The van der Waals surface area contributed by atoms with Crippen LogP contribution in [0.4, 0.5) is 10.1 Å². The third-order valence-corrected chi connectivity index (χ3v) is 3.55. The first kappa shape index (κ1) is 11.9. The molecule has 3 N–H and O–H groups in total. The first-order valence-electron chi connectivity index (χ1n) is 5.86. The summed E-state index contributed by atoms with van der Waals surface area (Å²) in [5.41, 5.74) is 6.00. The lowest BCUT2D eigenvalue weighted by molar-refractivity contribution is -0.139. The third kappa shape index (κ3) is 2.40. The molecule has 4 heteroatoms. The molecule has 1 fully saturated rings. The Bertz CT molecular complexity index is 429. The Hall–Kier alpha value is -1.58. The molecule has 0 radical (unpaired) electrons. The van der Waals surface area contributed by atoms with Crippen molar-refractivity contribution in [2.45, 2.75) is 31.6 Å². The lowest BCUT2D eigenvalue weighted by Crippen LogP contribution is -2.21. The van der Waals surface area contributed by atoms with Crippen molar-refractivity contribution >= 4 is 11.7 Å². The first-order chi connectivity index (χ1) is 8.09. The van der Waals surface area contributed by atoms with Gasteiger partial charge in [-0.25, -0.2) is 4.39 Å². The van der Waals surface area contributed by atoms with Crippen LogP contribution < -0.4 is 5.73 Å². The fourth-order valence-electron chi connectivity index (χ4n) is 2.28. The van der Waals surface area contributed by atoms with E-state index in [0.29, 0.717) is 17.9 Å². The summed E-state index contributed by atoms with van der Waals surface area (Å²) in [6.07, 6.45) is 3.86. The topological polar surface area (TPSA) is 63.3 Å². The van der Waals surface area contributed by atoms with E-state index in [4.69, 9.17) is 5.73 Å². The van der Waals surface area contributed by atoms with Crippen LogP contribution in [0.25, 0.3) is 0 Å². The van der Waals surface area contributed by atoms with Crippen LogP contribution in [0.3, 0.4) is 0 Å².